The molecular formula is C14H12N2O3. The lowest BCUT2D eigenvalue weighted by atomic mass is 10.1. The highest BCUT2D eigenvalue weighted by atomic mass is 16.4. The molecule has 0 heterocycles. The van der Waals surface area contributed by atoms with Gasteiger partial charge in [-0.1, -0.05) is 12.1 Å². The third-order valence-corrected chi connectivity index (χ3v) is 2.52. The average molecular weight is 256 g/mol. The molecule has 5 nitrogen and oxygen atoms in total. The van der Waals surface area contributed by atoms with E-state index >= 15 is 0 Å². The van der Waals surface area contributed by atoms with Crippen LogP contribution in [0.2, 0.25) is 0 Å². The van der Waals surface area contributed by atoms with Crippen LogP contribution in [0.15, 0.2) is 48.5 Å². The molecule has 0 aliphatic carbocycles. The van der Waals surface area contributed by atoms with Crippen LogP contribution in [0.4, 0.5) is 11.4 Å². The van der Waals surface area contributed by atoms with Crippen molar-refractivity contribution in [3.05, 3.63) is 59.7 Å². The zero-order chi connectivity index (χ0) is 13.8. The number of hydrogen-bond donors (Lipinski definition) is 3. The molecule has 19 heavy (non-hydrogen) atoms. The van der Waals surface area contributed by atoms with Crippen molar-refractivity contribution in [1.29, 1.82) is 0 Å². The lowest BCUT2D eigenvalue weighted by molar-refractivity contribution is 0.0696. The quantitative estimate of drug-likeness (QED) is 0.734. The minimum absolute atomic E-state index is 0.116. The molecule has 0 bridgehead atoms. The number of nitrogen functional groups attached to an aromatic ring is 1. The van der Waals surface area contributed by atoms with E-state index in [4.69, 9.17) is 10.8 Å². The number of carboxylic acids is 1. The normalized spacial score (nSPS) is 9.89. The zero-order valence-electron chi connectivity index (χ0n) is 9.96. The smallest absolute Gasteiger partial charge is 0.335 e. The monoisotopic (exact) mass is 256 g/mol. The number of aromatic carboxylic acids is 1. The molecule has 96 valence electrons. The van der Waals surface area contributed by atoms with Crippen molar-refractivity contribution in [2.24, 2.45) is 0 Å². The van der Waals surface area contributed by atoms with Gasteiger partial charge in [0.2, 0.25) is 0 Å². The summed E-state index contributed by atoms with van der Waals surface area (Å²) in [6, 6.07) is 12.6. The summed E-state index contributed by atoms with van der Waals surface area (Å²) in [6.45, 7) is 0. The number of carboxylic acid groups (broad SMARTS) is 1. The molecule has 0 spiro atoms. The Balaban J connectivity index is 2.19. The molecule has 0 unspecified atom stereocenters. The van der Waals surface area contributed by atoms with Crippen LogP contribution < -0.4 is 11.1 Å². The first-order chi connectivity index (χ1) is 9.06. The molecule has 5 heteroatoms. The van der Waals surface area contributed by atoms with Gasteiger partial charge in [0.15, 0.2) is 0 Å². The molecule has 4 N–H and O–H groups in total. The summed E-state index contributed by atoms with van der Waals surface area (Å²) in [5.41, 5.74) is 7.05. The van der Waals surface area contributed by atoms with E-state index in [1.54, 1.807) is 36.4 Å². The van der Waals surface area contributed by atoms with Crippen molar-refractivity contribution in [2.45, 2.75) is 0 Å². The van der Waals surface area contributed by atoms with Crippen molar-refractivity contribution in [1.82, 2.24) is 0 Å². The molecule has 0 atom stereocenters. The van der Waals surface area contributed by atoms with Crippen molar-refractivity contribution in [3.63, 3.8) is 0 Å². The number of rotatable bonds is 3. The third-order valence-electron chi connectivity index (χ3n) is 2.52. The van der Waals surface area contributed by atoms with Gasteiger partial charge in [-0.3, -0.25) is 4.79 Å². The van der Waals surface area contributed by atoms with E-state index in [-0.39, 0.29) is 11.5 Å². The fourth-order valence-electron chi connectivity index (χ4n) is 1.61. The summed E-state index contributed by atoms with van der Waals surface area (Å²) < 4.78 is 0. The molecule has 2 rings (SSSR count). The van der Waals surface area contributed by atoms with Crippen molar-refractivity contribution >= 4 is 23.3 Å². The number of carbonyl (C=O) groups excluding carboxylic acids is 1. The maximum atomic E-state index is 11.9. The Morgan fingerprint density at radius 1 is 1.00 bits per heavy atom. The number of anilines is 2. The van der Waals surface area contributed by atoms with Crippen LogP contribution in [0.5, 0.6) is 0 Å². The van der Waals surface area contributed by atoms with E-state index in [1.807, 2.05) is 0 Å². The summed E-state index contributed by atoms with van der Waals surface area (Å²) in [5, 5.41) is 11.5. The maximum absolute atomic E-state index is 11.9. The van der Waals surface area contributed by atoms with Gasteiger partial charge >= 0.3 is 5.97 Å². The highest BCUT2D eigenvalue weighted by molar-refractivity contribution is 6.05. The second-order valence-corrected chi connectivity index (χ2v) is 3.97. The van der Waals surface area contributed by atoms with Gasteiger partial charge in [-0.25, -0.2) is 4.79 Å². The number of benzene rings is 2. The summed E-state index contributed by atoms with van der Waals surface area (Å²) >= 11 is 0. The highest BCUT2D eigenvalue weighted by Crippen LogP contribution is 2.13. The molecular weight excluding hydrogens is 244 g/mol. The van der Waals surface area contributed by atoms with Gasteiger partial charge < -0.3 is 16.2 Å². The number of carbonyl (C=O) groups is 2. The lowest BCUT2D eigenvalue weighted by Gasteiger charge is -2.06. The molecule has 0 saturated carbocycles. The van der Waals surface area contributed by atoms with Crippen molar-refractivity contribution in [3.8, 4) is 0 Å². The summed E-state index contributed by atoms with van der Waals surface area (Å²) in [4.78, 5) is 22.8. The standard InChI is InChI=1S/C14H12N2O3/c15-11-5-1-3-9(7-11)13(17)16-12-6-2-4-10(8-12)14(18)19/h1-8H,15H2,(H,16,17)(H,18,19). The van der Waals surface area contributed by atoms with Gasteiger partial charge in [-0.05, 0) is 36.4 Å². The molecule has 2 aromatic carbocycles. The molecule has 0 radical (unpaired) electrons. The predicted molar refractivity (Wildman–Crippen MR) is 72.2 cm³/mol. The van der Waals surface area contributed by atoms with Crippen LogP contribution in [0.1, 0.15) is 20.7 Å². The van der Waals surface area contributed by atoms with Crippen LogP contribution in [0, 0.1) is 0 Å². The Morgan fingerprint density at radius 2 is 1.68 bits per heavy atom. The lowest BCUT2D eigenvalue weighted by Crippen LogP contribution is -2.12. The van der Waals surface area contributed by atoms with E-state index in [2.05, 4.69) is 5.32 Å². The largest absolute Gasteiger partial charge is 0.478 e. The Bertz CT molecular complexity index is 638. The van der Waals surface area contributed by atoms with Gasteiger partial charge in [0, 0.05) is 16.9 Å². The molecule has 0 aromatic heterocycles. The van der Waals surface area contributed by atoms with E-state index in [1.165, 1.54) is 12.1 Å². The first-order valence-corrected chi connectivity index (χ1v) is 5.56. The fourth-order valence-corrected chi connectivity index (χ4v) is 1.61. The molecule has 1 amide bonds. The summed E-state index contributed by atoms with van der Waals surface area (Å²) in [7, 11) is 0. The van der Waals surface area contributed by atoms with Crippen LogP contribution in [-0.2, 0) is 0 Å². The number of amides is 1. The average Bonchev–Trinajstić information content (AvgIpc) is 2.39. The molecule has 0 aliphatic heterocycles. The van der Waals surface area contributed by atoms with Crippen LogP contribution in [-0.4, -0.2) is 17.0 Å². The summed E-state index contributed by atoms with van der Waals surface area (Å²) in [5.74, 6) is -1.38. The van der Waals surface area contributed by atoms with E-state index in [9.17, 15) is 9.59 Å². The SMILES string of the molecule is Nc1cccc(C(=O)Nc2cccc(C(=O)O)c2)c1. The second kappa shape index (κ2) is 5.22. The van der Waals surface area contributed by atoms with Crippen molar-refractivity contribution in [2.75, 3.05) is 11.1 Å². The maximum Gasteiger partial charge on any atom is 0.335 e. The Labute approximate surface area is 109 Å². The topological polar surface area (TPSA) is 92.4 Å². The molecule has 0 saturated heterocycles. The van der Waals surface area contributed by atoms with Gasteiger partial charge in [-0.2, -0.15) is 0 Å². The Morgan fingerprint density at radius 3 is 2.37 bits per heavy atom. The van der Waals surface area contributed by atoms with E-state index in [0.29, 0.717) is 16.9 Å². The Hall–Kier alpha value is -2.82. The minimum atomic E-state index is -1.04. The zero-order valence-corrected chi connectivity index (χ0v) is 9.96. The molecule has 0 fully saturated rings. The van der Waals surface area contributed by atoms with Gasteiger partial charge in [0.25, 0.3) is 5.91 Å². The molecule has 0 aliphatic rings. The van der Waals surface area contributed by atoms with Gasteiger partial charge in [0.05, 0.1) is 5.56 Å². The van der Waals surface area contributed by atoms with E-state index < -0.39 is 5.97 Å². The minimum Gasteiger partial charge on any atom is -0.478 e. The fraction of sp³-hybridized carbons (Fsp3) is 0. The van der Waals surface area contributed by atoms with Crippen LogP contribution in [0.25, 0.3) is 0 Å². The summed E-state index contributed by atoms with van der Waals surface area (Å²) in [6.07, 6.45) is 0. The van der Waals surface area contributed by atoms with Gasteiger partial charge in [0.1, 0.15) is 0 Å². The second-order valence-electron chi connectivity index (χ2n) is 3.97. The highest BCUT2D eigenvalue weighted by Gasteiger charge is 2.08. The first kappa shape index (κ1) is 12.6. The predicted octanol–water partition coefficient (Wildman–Crippen LogP) is 2.22. The van der Waals surface area contributed by atoms with E-state index in [0.717, 1.165) is 0 Å². The van der Waals surface area contributed by atoms with Crippen LogP contribution >= 0.6 is 0 Å². The Kier molecular flexibility index (Phi) is 3.47. The number of hydrogen-bond acceptors (Lipinski definition) is 3. The third kappa shape index (κ3) is 3.10. The first-order valence-electron chi connectivity index (χ1n) is 5.56. The van der Waals surface area contributed by atoms with Gasteiger partial charge in [-0.15, -0.1) is 0 Å². The number of nitrogens with two attached hydrogens (primary N) is 1. The number of nitrogens with one attached hydrogen (secondary N) is 1. The molecule has 2 aromatic rings. The van der Waals surface area contributed by atoms with Crippen molar-refractivity contribution < 1.29 is 14.7 Å². The van der Waals surface area contributed by atoms with Crippen LogP contribution in [0.3, 0.4) is 0 Å².